The molecule has 0 unspecified atom stereocenters. The molecule has 1 aliphatic heterocycles. The minimum absolute atomic E-state index is 0.260. The van der Waals surface area contributed by atoms with Crippen molar-refractivity contribution in [1.82, 2.24) is 4.90 Å². The maximum Gasteiger partial charge on any atom is 0.293 e. The molecule has 1 heterocycles. The molecular weight excluding hydrogens is 438 g/mol. The fourth-order valence-corrected chi connectivity index (χ4v) is 4.46. The Morgan fingerprint density at radius 1 is 0.939 bits per heavy atom. The van der Waals surface area contributed by atoms with E-state index in [1.807, 2.05) is 30.3 Å². The lowest BCUT2D eigenvalue weighted by molar-refractivity contribution is -0.122. The third-order valence-electron chi connectivity index (χ3n) is 5.30. The lowest BCUT2D eigenvalue weighted by Crippen LogP contribution is -2.29. The predicted molar refractivity (Wildman–Crippen MR) is 130 cm³/mol. The van der Waals surface area contributed by atoms with Crippen LogP contribution in [0.15, 0.2) is 65.6 Å². The molecule has 33 heavy (non-hydrogen) atoms. The first-order valence-corrected chi connectivity index (χ1v) is 11.4. The van der Waals surface area contributed by atoms with Gasteiger partial charge in [-0.3, -0.25) is 14.5 Å². The summed E-state index contributed by atoms with van der Waals surface area (Å²) in [7, 11) is 3.17. The van der Waals surface area contributed by atoms with Crippen molar-refractivity contribution in [2.24, 2.45) is 0 Å². The molecule has 0 atom stereocenters. The maximum absolute atomic E-state index is 12.6. The van der Waals surface area contributed by atoms with Crippen molar-refractivity contribution >= 4 is 39.8 Å². The molecule has 3 aromatic rings. The van der Waals surface area contributed by atoms with E-state index in [4.69, 9.17) is 14.2 Å². The number of amides is 2. The van der Waals surface area contributed by atoms with Crippen LogP contribution < -0.4 is 9.47 Å². The van der Waals surface area contributed by atoms with Crippen LogP contribution in [-0.4, -0.2) is 43.4 Å². The first-order chi connectivity index (χ1) is 16.1. The van der Waals surface area contributed by atoms with Crippen molar-refractivity contribution in [1.29, 1.82) is 0 Å². The van der Waals surface area contributed by atoms with E-state index >= 15 is 0 Å². The largest absolute Gasteiger partial charge is 0.493 e. The Kier molecular flexibility index (Phi) is 7.32. The zero-order valence-electron chi connectivity index (χ0n) is 18.6. The zero-order chi connectivity index (χ0) is 23.2. The number of carbonyl (C=O) groups excluding carboxylic acids is 2. The second-order valence-electron chi connectivity index (χ2n) is 7.56. The van der Waals surface area contributed by atoms with Crippen LogP contribution in [0.4, 0.5) is 4.79 Å². The molecule has 0 bridgehead atoms. The van der Waals surface area contributed by atoms with Crippen molar-refractivity contribution in [2.45, 2.75) is 13.0 Å². The second-order valence-corrected chi connectivity index (χ2v) is 8.55. The van der Waals surface area contributed by atoms with Gasteiger partial charge in [0.05, 0.1) is 12.0 Å². The lowest BCUT2D eigenvalue weighted by Gasteiger charge is -2.12. The first-order valence-electron chi connectivity index (χ1n) is 10.6. The van der Waals surface area contributed by atoms with Crippen molar-refractivity contribution in [3.63, 3.8) is 0 Å². The van der Waals surface area contributed by atoms with Gasteiger partial charge < -0.3 is 14.2 Å². The SMILES string of the molecule is COCCCN1C(=O)S/C(=C/c2ccc(OCc3ccc4ccccc4c3)c(OC)c2)C1=O. The van der Waals surface area contributed by atoms with Gasteiger partial charge in [0, 0.05) is 20.3 Å². The number of ether oxygens (including phenoxy) is 3. The van der Waals surface area contributed by atoms with Gasteiger partial charge in [-0.05, 0) is 64.4 Å². The number of nitrogens with zero attached hydrogens (tertiary/aromatic N) is 1. The topological polar surface area (TPSA) is 65.1 Å². The third-order valence-corrected chi connectivity index (χ3v) is 6.20. The summed E-state index contributed by atoms with van der Waals surface area (Å²) < 4.78 is 16.5. The summed E-state index contributed by atoms with van der Waals surface area (Å²) in [5, 5.41) is 2.09. The molecule has 6 nitrogen and oxygen atoms in total. The minimum Gasteiger partial charge on any atom is -0.493 e. The average molecular weight is 464 g/mol. The number of hydrogen-bond acceptors (Lipinski definition) is 6. The van der Waals surface area contributed by atoms with E-state index in [-0.39, 0.29) is 11.1 Å². The third kappa shape index (κ3) is 5.38. The number of hydrogen-bond donors (Lipinski definition) is 0. The Morgan fingerprint density at radius 2 is 1.76 bits per heavy atom. The van der Waals surface area contributed by atoms with Crippen LogP contribution in [0.2, 0.25) is 0 Å². The van der Waals surface area contributed by atoms with Gasteiger partial charge in [-0.2, -0.15) is 0 Å². The van der Waals surface area contributed by atoms with Gasteiger partial charge >= 0.3 is 0 Å². The standard InChI is InChI=1S/C26H25NO5S/c1-30-13-5-12-27-25(28)24(33-26(27)29)16-18-9-11-22(23(15-18)31-2)32-17-19-8-10-20-6-3-4-7-21(20)14-19/h3-4,6-11,14-16H,5,12-13,17H2,1-2H3/b24-16+. The molecule has 0 radical (unpaired) electrons. The van der Waals surface area contributed by atoms with Crippen LogP contribution >= 0.6 is 11.8 Å². The summed E-state index contributed by atoms with van der Waals surface area (Å²) >= 11 is 0.946. The second kappa shape index (κ2) is 10.6. The smallest absolute Gasteiger partial charge is 0.293 e. The molecular formula is C26H25NO5S. The van der Waals surface area contributed by atoms with Crippen LogP contribution in [0.5, 0.6) is 11.5 Å². The van der Waals surface area contributed by atoms with E-state index in [1.165, 1.54) is 10.3 Å². The molecule has 3 aromatic carbocycles. The van der Waals surface area contributed by atoms with E-state index in [1.54, 1.807) is 26.4 Å². The van der Waals surface area contributed by atoms with Gasteiger partial charge in [0.15, 0.2) is 11.5 Å². The Hall–Kier alpha value is -3.29. The van der Waals surface area contributed by atoms with Gasteiger partial charge in [0.1, 0.15) is 6.61 Å². The number of thioether (sulfide) groups is 1. The van der Waals surface area contributed by atoms with Gasteiger partial charge in [-0.15, -0.1) is 0 Å². The minimum atomic E-state index is -0.281. The first kappa shape index (κ1) is 22.9. The summed E-state index contributed by atoms with van der Waals surface area (Å²) in [5.41, 5.74) is 1.81. The Morgan fingerprint density at radius 3 is 2.55 bits per heavy atom. The van der Waals surface area contributed by atoms with Crippen LogP contribution in [0, 0.1) is 0 Å². The van der Waals surface area contributed by atoms with E-state index in [0.717, 1.165) is 28.3 Å². The molecule has 7 heteroatoms. The number of benzene rings is 3. The fraction of sp³-hybridized carbons (Fsp3) is 0.231. The Labute approximate surface area is 197 Å². The highest BCUT2D eigenvalue weighted by Crippen LogP contribution is 2.35. The van der Waals surface area contributed by atoms with Gasteiger partial charge in [0.25, 0.3) is 11.1 Å². The molecule has 0 spiro atoms. The molecule has 1 aliphatic rings. The molecule has 0 N–H and O–H groups in total. The van der Waals surface area contributed by atoms with Gasteiger partial charge in [-0.25, -0.2) is 0 Å². The average Bonchev–Trinajstić information content (AvgIpc) is 3.10. The molecule has 2 amide bonds. The highest BCUT2D eigenvalue weighted by Gasteiger charge is 2.34. The summed E-state index contributed by atoms with van der Waals surface area (Å²) in [6.07, 6.45) is 2.32. The van der Waals surface area contributed by atoms with Crippen molar-refractivity contribution in [3.05, 3.63) is 76.7 Å². The zero-order valence-corrected chi connectivity index (χ0v) is 19.4. The predicted octanol–water partition coefficient (Wildman–Crippen LogP) is 5.50. The van der Waals surface area contributed by atoms with E-state index in [2.05, 4.69) is 24.3 Å². The summed E-state index contributed by atoms with van der Waals surface area (Å²) in [6.45, 7) is 1.25. The molecule has 1 saturated heterocycles. The quantitative estimate of drug-likeness (QED) is 0.308. The summed E-state index contributed by atoms with van der Waals surface area (Å²) in [4.78, 5) is 26.5. The lowest BCUT2D eigenvalue weighted by atomic mass is 10.1. The van der Waals surface area contributed by atoms with Gasteiger partial charge in [-0.1, -0.05) is 42.5 Å². The monoisotopic (exact) mass is 463 g/mol. The van der Waals surface area contributed by atoms with Crippen LogP contribution in [0.1, 0.15) is 17.5 Å². The highest BCUT2D eigenvalue weighted by molar-refractivity contribution is 8.18. The summed E-state index contributed by atoms with van der Waals surface area (Å²) in [6, 6.07) is 19.9. The Balaban J connectivity index is 1.46. The van der Waals surface area contributed by atoms with Crippen molar-refractivity contribution in [3.8, 4) is 11.5 Å². The number of fused-ring (bicyclic) bond motifs is 1. The van der Waals surface area contributed by atoms with E-state index in [0.29, 0.717) is 42.6 Å². The van der Waals surface area contributed by atoms with Gasteiger partial charge in [0.2, 0.25) is 0 Å². The fourth-order valence-electron chi connectivity index (χ4n) is 3.59. The molecule has 1 fully saturated rings. The van der Waals surface area contributed by atoms with Crippen molar-refractivity contribution in [2.75, 3.05) is 27.4 Å². The molecule has 4 rings (SSSR count). The molecule has 0 aromatic heterocycles. The van der Waals surface area contributed by atoms with E-state index < -0.39 is 0 Å². The highest BCUT2D eigenvalue weighted by atomic mass is 32.2. The van der Waals surface area contributed by atoms with Crippen LogP contribution in [0.3, 0.4) is 0 Å². The number of rotatable bonds is 9. The number of carbonyl (C=O) groups is 2. The van der Waals surface area contributed by atoms with E-state index in [9.17, 15) is 9.59 Å². The summed E-state index contributed by atoms with van der Waals surface area (Å²) in [5.74, 6) is 0.885. The normalized spacial score (nSPS) is 15.0. The molecule has 0 aliphatic carbocycles. The van der Waals surface area contributed by atoms with Crippen LogP contribution in [0.25, 0.3) is 16.8 Å². The maximum atomic E-state index is 12.6. The number of methoxy groups -OCH3 is 2. The van der Waals surface area contributed by atoms with Crippen molar-refractivity contribution < 1.29 is 23.8 Å². The molecule has 0 saturated carbocycles. The molecule has 170 valence electrons. The number of imide groups is 1. The Bertz CT molecular complexity index is 1210. The van der Waals surface area contributed by atoms with Crippen LogP contribution in [-0.2, 0) is 16.1 Å².